The predicted octanol–water partition coefficient (Wildman–Crippen LogP) is 3.32. The van der Waals surface area contributed by atoms with Crippen molar-refractivity contribution in [3.05, 3.63) is 35.1 Å². The topological polar surface area (TPSA) is 75.4 Å². The second-order valence-corrected chi connectivity index (χ2v) is 8.71. The van der Waals surface area contributed by atoms with Crippen LogP contribution in [-0.4, -0.2) is 35.3 Å². The molecule has 1 saturated heterocycles. The van der Waals surface area contributed by atoms with Crippen LogP contribution < -0.4 is 11.1 Å². The van der Waals surface area contributed by atoms with Gasteiger partial charge in [0, 0.05) is 31.1 Å². The number of hydrogen-bond acceptors (Lipinski definition) is 3. The minimum atomic E-state index is -0.424. The number of nitrogens with two attached hydrogens (primary N) is 1. The number of piperidine rings is 1. The summed E-state index contributed by atoms with van der Waals surface area (Å²) in [7, 11) is 0. The van der Waals surface area contributed by atoms with Crippen molar-refractivity contribution in [1.29, 1.82) is 0 Å². The average molecular weight is 426 g/mol. The summed E-state index contributed by atoms with van der Waals surface area (Å²) < 4.78 is 13.6. The monoisotopic (exact) mass is 425 g/mol. The summed E-state index contributed by atoms with van der Waals surface area (Å²) in [5.74, 6) is -0.334. The summed E-state index contributed by atoms with van der Waals surface area (Å²) in [6.45, 7) is 5.23. The Morgan fingerprint density at radius 1 is 1.24 bits per heavy atom. The van der Waals surface area contributed by atoms with E-state index in [2.05, 4.69) is 5.32 Å². The van der Waals surface area contributed by atoms with E-state index in [1.54, 1.807) is 13.0 Å². The number of hydrogen-bond donors (Lipinski definition) is 2. The van der Waals surface area contributed by atoms with E-state index in [4.69, 9.17) is 5.73 Å². The van der Waals surface area contributed by atoms with Crippen LogP contribution in [0.15, 0.2) is 18.2 Å². The van der Waals surface area contributed by atoms with Gasteiger partial charge in [0.15, 0.2) is 0 Å². The Hall–Kier alpha value is -1.66. The molecule has 1 aliphatic heterocycles. The van der Waals surface area contributed by atoms with E-state index in [1.807, 2.05) is 17.9 Å². The highest BCUT2D eigenvalue weighted by Crippen LogP contribution is 2.34. The molecule has 2 atom stereocenters. The van der Waals surface area contributed by atoms with Gasteiger partial charge < -0.3 is 16.0 Å². The predicted molar refractivity (Wildman–Crippen MR) is 114 cm³/mol. The van der Waals surface area contributed by atoms with Crippen LogP contribution in [0.4, 0.5) is 4.39 Å². The number of rotatable bonds is 4. The lowest BCUT2D eigenvalue weighted by molar-refractivity contribution is -0.142. The molecule has 2 fully saturated rings. The summed E-state index contributed by atoms with van der Waals surface area (Å²) >= 11 is 0. The van der Waals surface area contributed by atoms with Crippen molar-refractivity contribution in [3.63, 3.8) is 0 Å². The number of halogens is 2. The van der Waals surface area contributed by atoms with E-state index in [9.17, 15) is 14.0 Å². The summed E-state index contributed by atoms with van der Waals surface area (Å²) in [5.41, 5.74) is 7.31. The molecule has 29 heavy (non-hydrogen) atoms. The van der Waals surface area contributed by atoms with Crippen molar-refractivity contribution in [2.45, 2.75) is 64.5 Å². The van der Waals surface area contributed by atoms with Crippen LogP contribution in [0.5, 0.6) is 0 Å². The SMILES string of the molecule is Cc1ccc(CNC(=O)C2CCN(C(=O)C3CCCCC3(C)N)CC2)cc1F.Cl. The van der Waals surface area contributed by atoms with E-state index in [-0.39, 0.29) is 41.9 Å². The molecule has 7 heteroatoms. The first-order valence-corrected chi connectivity index (χ1v) is 10.4. The summed E-state index contributed by atoms with van der Waals surface area (Å²) in [6.07, 6.45) is 5.22. The Kier molecular flexibility index (Phi) is 8.06. The second kappa shape index (κ2) is 9.90. The van der Waals surface area contributed by atoms with Crippen molar-refractivity contribution < 1.29 is 14.0 Å². The van der Waals surface area contributed by atoms with Crippen LogP contribution >= 0.6 is 12.4 Å². The third-order valence-electron chi connectivity index (χ3n) is 6.43. The van der Waals surface area contributed by atoms with Gasteiger partial charge >= 0.3 is 0 Å². The third-order valence-corrected chi connectivity index (χ3v) is 6.43. The first-order valence-electron chi connectivity index (χ1n) is 10.4. The lowest BCUT2D eigenvalue weighted by Crippen LogP contribution is -2.55. The number of aryl methyl sites for hydroxylation is 1. The van der Waals surface area contributed by atoms with Crippen LogP contribution in [-0.2, 0) is 16.1 Å². The molecule has 0 bridgehead atoms. The maximum Gasteiger partial charge on any atom is 0.227 e. The Labute approximate surface area is 179 Å². The molecule has 5 nitrogen and oxygen atoms in total. The Balaban J connectivity index is 0.00000300. The molecule has 1 aliphatic carbocycles. The molecule has 3 rings (SSSR count). The molecule has 0 spiro atoms. The van der Waals surface area contributed by atoms with Gasteiger partial charge in [-0.3, -0.25) is 9.59 Å². The lowest BCUT2D eigenvalue weighted by Gasteiger charge is -2.41. The zero-order valence-corrected chi connectivity index (χ0v) is 18.2. The van der Waals surface area contributed by atoms with E-state index in [0.29, 0.717) is 38.0 Å². The zero-order valence-electron chi connectivity index (χ0n) is 17.4. The fourth-order valence-electron chi connectivity index (χ4n) is 4.43. The molecule has 162 valence electrons. The van der Waals surface area contributed by atoms with E-state index < -0.39 is 5.54 Å². The van der Waals surface area contributed by atoms with Gasteiger partial charge in [-0.05, 0) is 56.7 Å². The number of nitrogens with one attached hydrogen (secondary N) is 1. The molecule has 3 N–H and O–H groups in total. The molecule has 1 aromatic carbocycles. The van der Waals surface area contributed by atoms with Gasteiger partial charge in [-0.15, -0.1) is 12.4 Å². The van der Waals surface area contributed by atoms with Crippen LogP contribution in [0.3, 0.4) is 0 Å². The summed E-state index contributed by atoms with van der Waals surface area (Å²) in [5, 5.41) is 2.91. The molecule has 2 amide bonds. The highest BCUT2D eigenvalue weighted by atomic mass is 35.5. The standard InChI is InChI=1S/C22H32FN3O2.ClH/c1-15-6-7-16(13-19(15)23)14-25-20(27)17-8-11-26(12-9-17)21(28)18-5-3-4-10-22(18,2)24;/h6-7,13,17-18H,3-5,8-12,14,24H2,1-2H3,(H,25,27);1H. The molecule has 0 radical (unpaired) electrons. The van der Waals surface area contributed by atoms with Gasteiger partial charge in [0.1, 0.15) is 5.82 Å². The van der Waals surface area contributed by atoms with E-state index in [1.165, 1.54) is 6.07 Å². The quantitative estimate of drug-likeness (QED) is 0.776. The largest absolute Gasteiger partial charge is 0.352 e. The molecular weight excluding hydrogens is 393 g/mol. The van der Waals surface area contributed by atoms with Gasteiger partial charge in [-0.1, -0.05) is 25.0 Å². The maximum absolute atomic E-state index is 13.6. The minimum Gasteiger partial charge on any atom is -0.352 e. The number of amides is 2. The van der Waals surface area contributed by atoms with Gasteiger partial charge in [-0.25, -0.2) is 4.39 Å². The van der Waals surface area contributed by atoms with Crippen molar-refractivity contribution in [3.8, 4) is 0 Å². The van der Waals surface area contributed by atoms with Crippen molar-refractivity contribution in [2.24, 2.45) is 17.6 Å². The fourth-order valence-corrected chi connectivity index (χ4v) is 4.43. The van der Waals surface area contributed by atoms with Gasteiger partial charge in [0.05, 0.1) is 5.92 Å². The number of carbonyl (C=O) groups excluding carboxylic acids is 2. The number of benzene rings is 1. The molecule has 2 unspecified atom stereocenters. The van der Waals surface area contributed by atoms with E-state index in [0.717, 1.165) is 31.2 Å². The van der Waals surface area contributed by atoms with Gasteiger partial charge in [-0.2, -0.15) is 0 Å². The summed E-state index contributed by atoms with van der Waals surface area (Å²) in [6, 6.07) is 5.01. The Bertz CT molecular complexity index is 733. The van der Waals surface area contributed by atoms with Crippen LogP contribution in [0, 0.1) is 24.6 Å². The molecule has 1 heterocycles. The van der Waals surface area contributed by atoms with Gasteiger partial charge in [0.25, 0.3) is 0 Å². The molecule has 1 aromatic rings. The number of likely N-dealkylation sites (tertiary alicyclic amines) is 1. The highest BCUT2D eigenvalue weighted by Gasteiger charge is 2.40. The molecule has 2 aliphatic rings. The van der Waals surface area contributed by atoms with Crippen LogP contribution in [0.2, 0.25) is 0 Å². The smallest absolute Gasteiger partial charge is 0.227 e. The number of nitrogens with zero attached hydrogens (tertiary/aromatic N) is 1. The highest BCUT2D eigenvalue weighted by molar-refractivity contribution is 5.85. The Morgan fingerprint density at radius 3 is 2.55 bits per heavy atom. The normalized spacial score (nSPS) is 25.2. The Morgan fingerprint density at radius 2 is 1.93 bits per heavy atom. The number of carbonyl (C=O) groups is 2. The third kappa shape index (κ3) is 5.70. The molecule has 1 saturated carbocycles. The average Bonchev–Trinajstić information content (AvgIpc) is 2.68. The maximum atomic E-state index is 13.6. The van der Waals surface area contributed by atoms with Crippen LogP contribution in [0.25, 0.3) is 0 Å². The zero-order chi connectivity index (χ0) is 20.3. The van der Waals surface area contributed by atoms with Crippen molar-refractivity contribution in [2.75, 3.05) is 13.1 Å². The van der Waals surface area contributed by atoms with Crippen molar-refractivity contribution >= 4 is 24.2 Å². The first-order chi connectivity index (χ1) is 13.3. The van der Waals surface area contributed by atoms with Crippen molar-refractivity contribution in [1.82, 2.24) is 10.2 Å². The molecule has 0 aromatic heterocycles. The fraction of sp³-hybridized carbons (Fsp3) is 0.636. The van der Waals surface area contributed by atoms with Gasteiger partial charge in [0.2, 0.25) is 11.8 Å². The van der Waals surface area contributed by atoms with E-state index >= 15 is 0 Å². The lowest BCUT2D eigenvalue weighted by atomic mass is 9.73. The molecular formula is C22H33ClFN3O2. The van der Waals surface area contributed by atoms with Crippen LogP contribution in [0.1, 0.15) is 56.6 Å². The summed E-state index contributed by atoms with van der Waals surface area (Å²) in [4.78, 5) is 27.3. The second-order valence-electron chi connectivity index (χ2n) is 8.71. The first kappa shape index (κ1) is 23.6. The minimum absolute atomic E-state index is 0.